The zero-order chi connectivity index (χ0) is 20.1. The molecule has 142 valence electrons. The molecule has 1 aliphatic heterocycles. The Hall–Kier alpha value is -3.59. The van der Waals surface area contributed by atoms with Gasteiger partial charge in [0, 0.05) is 18.2 Å². The molecule has 0 fully saturated rings. The number of carbonyl (C=O) groups excluding carboxylic acids is 2. The predicted octanol–water partition coefficient (Wildman–Crippen LogP) is 3.17. The second-order valence-electron chi connectivity index (χ2n) is 6.33. The number of ketones is 1. The van der Waals surface area contributed by atoms with E-state index in [1.807, 2.05) is 30.3 Å². The number of benzene rings is 2. The highest BCUT2D eigenvalue weighted by molar-refractivity contribution is 5.93. The maximum Gasteiger partial charge on any atom is 0.231 e. The van der Waals surface area contributed by atoms with E-state index in [2.05, 4.69) is 6.07 Å². The Morgan fingerprint density at radius 3 is 2.57 bits per heavy atom. The summed E-state index contributed by atoms with van der Waals surface area (Å²) in [5, 5.41) is 9.46. The summed E-state index contributed by atoms with van der Waals surface area (Å²) in [7, 11) is 2.97. The molecule has 0 aromatic heterocycles. The normalized spacial score (nSPS) is 15.8. The summed E-state index contributed by atoms with van der Waals surface area (Å²) in [5.41, 5.74) is 1.69. The second-order valence-corrected chi connectivity index (χ2v) is 6.33. The molecule has 1 aliphatic rings. The van der Waals surface area contributed by atoms with Gasteiger partial charge in [-0.1, -0.05) is 30.3 Å². The summed E-state index contributed by atoms with van der Waals surface area (Å²) in [5.74, 6) is 0.548. The van der Waals surface area contributed by atoms with Crippen LogP contribution < -0.4 is 9.47 Å². The van der Waals surface area contributed by atoms with Crippen molar-refractivity contribution in [1.29, 1.82) is 5.26 Å². The third-order valence-corrected chi connectivity index (χ3v) is 4.72. The van der Waals surface area contributed by atoms with Crippen molar-refractivity contribution < 1.29 is 19.1 Å². The topological polar surface area (TPSA) is 79.6 Å². The van der Waals surface area contributed by atoms with E-state index >= 15 is 0 Å². The van der Waals surface area contributed by atoms with Gasteiger partial charge in [0.2, 0.25) is 5.91 Å². The Morgan fingerprint density at radius 2 is 1.93 bits per heavy atom. The number of rotatable bonds is 5. The van der Waals surface area contributed by atoms with Crippen LogP contribution >= 0.6 is 0 Å². The van der Waals surface area contributed by atoms with E-state index in [0.29, 0.717) is 22.6 Å². The first-order valence-electron chi connectivity index (χ1n) is 8.80. The average molecular weight is 376 g/mol. The molecule has 1 amide bonds. The number of methoxy groups -OCH3 is 2. The van der Waals surface area contributed by atoms with E-state index in [0.717, 1.165) is 5.56 Å². The van der Waals surface area contributed by atoms with Gasteiger partial charge in [0.1, 0.15) is 0 Å². The molecule has 0 spiro atoms. The first-order valence-corrected chi connectivity index (χ1v) is 8.80. The zero-order valence-electron chi connectivity index (χ0n) is 15.7. The average Bonchev–Trinajstić information content (AvgIpc) is 2.73. The molecule has 0 saturated heterocycles. The van der Waals surface area contributed by atoms with Crippen LogP contribution in [-0.4, -0.2) is 30.8 Å². The van der Waals surface area contributed by atoms with E-state index in [4.69, 9.17) is 9.47 Å². The summed E-state index contributed by atoms with van der Waals surface area (Å²) in [6, 6.07) is 14.4. The highest BCUT2D eigenvalue weighted by Gasteiger charge is 2.30. The third-order valence-electron chi connectivity index (χ3n) is 4.72. The molecular formula is C22H20N2O4. The molecule has 0 radical (unpaired) electrons. The number of ether oxygens (including phenoxy) is 2. The number of nitrogens with zero attached hydrogens (tertiary/aromatic N) is 2. The SMILES string of the molecule is COc1ccc(C#N)c(CC(=O)N2C=CC(=O)CC2c2ccccc2)c1OC. The van der Waals surface area contributed by atoms with Gasteiger partial charge in [-0.25, -0.2) is 0 Å². The predicted molar refractivity (Wildman–Crippen MR) is 103 cm³/mol. The van der Waals surface area contributed by atoms with Crippen LogP contribution in [0, 0.1) is 11.3 Å². The molecule has 1 atom stereocenters. The van der Waals surface area contributed by atoms with E-state index in [-0.39, 0.29) is 30.6 Å². The fourth-order valence-corrected chi connectivity index (χ4v) is 3.35. The Kier molecular flexibility index (Phi) is 5.75. The summed E-state index contributed by atoms with van der Waals surface area (Å²) < 4.78 is 10.7. The van der Waals surface area contributed by atoms with E-state index in [1.165, 1.54) is 26.5 Å². The summed E-state index contributed by atoms with van der Waals surface area (Å²) in [6.45, 7) is 0. The van der Waals surface area contributed by atoms with Gasteiger partial charge in [-0.15, -0.1) is 0 Å². The van der Waals surface area contributed by atoms with Crippen LogP contribution in [0.5, 0.6) is 11.5 Å². The van der Waals surface area contributed by atoms with E-state index in [9.17, 15) is 14.9 Å². The van der Waals surface area contributed by atoms with Crippen LogP contribution in [0.15, 0.2) is 54.7 Å². The van der Waals surface area contributed by atoms with Gasteiger partial charge >= 0.3 is 0 Å². The molecule has 2 aromatic rings. The Labute approximate surface area is 163 Å². The van der Waals surface area contributed by atoms with Crippen molar-refractivity contribution in [2.45, 2.75) is 18.9 Å². The van der Waals surface area contributed by atoms with Crippen LogP contribution in [0.3, 0.4) is 0 Å². The van der Waals surface area contributed by atoms with Crippen molar-refractivity contribution in [3.05, 3.63) is 71.4 Å². The van der Waals surface area contributed by atoms with Crippen LogP contribution in [0.1, 0.15) is 29.2 Å². The van der Waals surface area contributed by atoms with Gasteiger partial charge in [0.25, 0.3) is 0 Å². The molecule has 6 nitrogen and oxygen atoms in total. The van der Waals surface area contributed by atoms with Gasteiger partial charge in [-0.05, 0) is 23.8 Å². The lowest BCUT2D eigenvalue weighted by Crippen LogP contribution is -2.35. The highest BCUT2D eigenvalue weighted by Crippen LogP contribution is 2.35. The molecule has 2 aromatic carbocycles. The molecule has 0 aliphatic carbocycles. The lowest BCUT2D eigenvalue weighted by Gasteiger charge is -2.31. The molecule has 3 rings (SSSR count). The van der Waals surface area contributed by atoms with Crippen molar-refractivity contribution >= 4 is 11.7 Å². The number of hydrogen-bond acceptors (Lipinski definition) is 5. The Bertz CT molecular complexity index is 960. The first kappa shape index (κ1) is 19.2. The fraction of sp³-hybridized carbons (Fsp3) is 0.227. The minimum absolute atomic E-state index is 0.0328. The summed E-state index contributed by atoms with van der Waals surface area (Å²) >= 11 is 0. The molecule has 1 heterocycles. The number of carbonyl (C=O) groups is 2. The van der Waals surface area contributed by atoms with Crippen molar-refractivity contribution in [2.24, 2.45) is 0 Å². The van der Waals surface area contributed by atoms with Crippen LogP contribution in [-0.2, 0) is 16.0 Å². The van der Waals surface area contributed by atoms with E-state index < -0.39 is 0 Å². The minimum atomic E-state index is -0.381. The number of allylic oxidation sites excluding steroid dienone is 1. The largest absolute Gasteiger partial charge is 0.493 e. The smallest absolute Gasteiger partial charge is 0.231 e. The molecule has 0 N–H and O–H groups in total. The van der Waals surface area contributed by atoms with Crippen molar-refractivity contribution in [2.75, 3.05) is 14.2 Å². The summed E-state index contributed by atoms with van der Waals surface area (Å²) in [6.07, 6.45) is 3.09. The molecule has 1 unspecified atom stereocenters. The quantitative estimate of drug-likeness (QED) is 0.801. The maximum absolute atomic E-state index is 13.2. The van der Waals surface area contributed by atoms with Gasteiger partial charge in [0.05, 0.1) is 38.3 Å². The molecular weight excluding hydrogens is 356 g/mol. The lowest BCUT2D eigenvalue weighted by atomic mass is 9.96. The van der Waals surface area contributed by atoms with Crippen molar-refractivity contribution in [3.8, 4) is 17.6 Å². The Morgan fingerprint density at radius 1 is 1.18 bits per heavy atom. The highest BCUT2D eigenvalue weighted by atomic mass is 16.5. The van der Waals surface area contributed by atoms with Gasteiger partial charge < -0.3 is 14.4 Å². The third kappa shape index (κ3) is 3.74. The summed E-state index contributed by atoms with van der Waals surface area (Å²) in [4.78, 5) is 26.7. The van der Waals surface area contributed by atoms with Crippen LogP contribution in [0.4, 0.5) is 0 Å². The van der Waals surface area contributed by atoms with Crippen molar-refractivity contribution in [1.82, 2.24) is 4.90 Å². The number of hydrogen-bond donors (Lipinski definition) is 0. The fourth-order valence-electron chi connectivity index (χ4n) is 3.35. The molecule has 28 heavy (non-hydrogen) atoms. The van der Waals surface area contributed by atoms with Crippen molar-refractivity contribution in [3.63, 3.8) is 0 Å². The maximum atomic E-state index is 13.2. The number of amides is 1. The van der Waals surface area contributed by atoms with Gasteiger partial charge in [-0.3, -0.25) is 9.59 Å². The lowest BCUT2D eigenvalue weighted by molar-refractivity contribution is -0.131. The minimum Gasteiger partial charge on any atom is -0.493 e. The molecule has 6 heteroatoms. The van der Waals surface area contributed by atoms with Gasteiger partial charge in [-0.2, -0.15) is 5.26 Å². The monoisotopic (exact) mass is 376 g/mol. The molecule has 0 saturated carbocycles. The zero-order valence-corrected chi connectivity index (χ0v) is 15.7. The van der Waals surface area contributed by atoms with Gasteiger partial charge in [0.15, 0.2) is 17.3 Å². The molecule has 0 bridgehead atoms. The van der Waals surface area contributed by atoms with E-state index in [1.54, 1.807) is 17.0 Å². The van der Waals surface area contributed by atoms with Crippen LogP contribution in [0.2, 0.25) is 0 Å². The Balaban J connectivity index is 1.97. The van der Waals surface area contributed by atoms with Crippen LogP contribution in [0.25, 0.3) is 0 Å². The standard InChI is InChI=1S/C22H20N2O4/c1-27-20-9-8-16(14-23)18(22(20)28-2)13-21(26)24-11-10-17(25)12-19(24)15-6-4-3-5-7-15/h3-11,19H,12-13H2,1-2H3. The second kappa shape index (κ2) is 8.40. The first-order chi connectivity index (χ1) is 13.6. The number of nitriles is 1.